The Hall–Kier alpha value is -1.98. The number of hydrogen-bond acceptors (Lipinski definition) is 2. The molecule has 1 fully saturated rings. The van der Waals surface area contributed by atoms with Crippen molar-refractivity contribution in [1.82, 2.24) is 0 Å². The van der Waals surface area contributed by atoms with Crippen molar-refractivity contribution < 1.29 is 4.74 Å². The Morgan fingerprint density at radius 2 is 2.00 bits per heavy atom. The number of benzene rings is 2. The van der Waals surface area contributed by atoms with Gasteiger partial charge in [0.2, 0.25) is 0 Å². The van der Waals surface area contributed by atoms with Gasteiger partial charge in [-0.25, -0.2) is 0 Å². The van der Waals surface area contributed by atoms with Crippen LogP contribution in [0, 0.1) is 11.3 Å². The molecule has 3 heteroatoms. The first kappa shape index (κ1) is 12.1. The second kappa shape index (κ2) is 4.95. The Morgan fingerprint density at radius 1 is 1.16 bits per heavy atom. The van der Waals surface area contributed by atoms with Crippen molar-refractivity contribution in [2.75, 3.05) is 0 Å². The lowest BCUT2D eigenvalue weighted by atomic mass is 10.1. The van der Waals surface area contributed by atoms with E-state index in [-0.39, 0.29) is 0 Å². The van der Waals surface area contributed by atoms with E-state index in [2.05, 4.69) is 6.07 Å². The molecule has 0 aromatic heterocycles. The molecule has 0 N–H and O–H groups in total. The molecule has 2 nitrogen and oxygen atoms in total. The molecule has 0 aliphatic heterocycles. The third-order valence-electron chi connectivity index (χ3n) is 3.18. The van der Waals surface area contributed by atoms with Gasteiger partial charge in [0, 0.05) is 5.02 Å². The summed E-state index contributed by atoms with van der Waals surface area (Å²) in [6.45, 7) is 0. The van der Waals surface area contributed by atoms with E-state index in [4.69, 9.17) is 21.6 Å². The van der Waals surface area contributed by atoms with Gasteiger partial charge in [-0.3, -0.25) is 0 Å². The molecule has 1 aliphatic carbocycles. The summed E-state index contributed by atoms with van der Waals surface area (Å²) in [7, 11) is 0. The van der Waals surface area contributed by atoms with Crippen LogP contribution in [0.3, 0.4) is 0 Å². The number of nitriles is 1. The standard InChI is InChI=1S/C16H12ClNO/c17-13-2-1-3-14(9-13)19-16-7-4-11(10-18)8-15(16)12-5-6-12/h1-4,7-9,12H,5-6H2. The van der Waals surface area contributed by atoms with Gasteiger partial charge < -0.3 is 4.74 Å². The van der Waals surface area contributed by atoms with Crippen LogP contribution in [0.4, 0.5) is 0 Å². The van der Waals surface area contributed by atoms with Crippen LogP contribution in [0.5, 0.6) is 11.5 Å². The van der Waals surface area contributed by atoms with E-state index >= 15 is 0 Å². The molecule has 0 heterocycles. The highest BCUT2D eigenvalue weighted by Gasteiger charge is 2.27. The average Bonchev–Trinajstić information content (AvgIpc) is 3.23. The van der Waals surface area contributed by atoms with Gasteiger partial charge in [-0.2, -0.15) is 5.26 Å². The average molecular weight is 270 g/mol. The molecule has 0 bridgehead atoms. The lowest BCUT2D eigenvalue weighted by molar-refractivity contribution is 0.476. The largest absolute Gasteiger partial charge is 0.457 e. The van der Waals surface area contributed by atoms with Crippen molar-refractivity contribution in [3.8, 4) is 17.6 Å². The second-order valence-corrected chi connectivity index (χ2v) is 5.13. The Balaban J connectivity index is 1.94. The zero-order chi connectivity index (χ0) is 13.2. The van der Waals surface area contributed by atoms with Crippen molar-refractivity contribution in [2.24, 2.45) is 0 Å². The van der Waals surface area contributed by atoms with Gasteiger partial charge >= 0.3 is 0 Å². The Morgan fingerprint density at radius 3 is 2.68 bits per heavy atom. The van der Waals surface area contributed by atoms with Crippen LogP contribution in [0.1, 0.15) is 29.9 Å². The molecule has 0 unspecified atom stereocenters. The van der Waals surface area contributed by atoms with E-state index in [1.165, 1.54) is 12.8 Å². The summed E-state index contributed by atoms with van der Waals surface area (Å²) in [6.07, 6.45) is 2.33. The number of hydrogen-bond donors (Lipinski definition) is 0. The summed E-state index contributed by atoms with van der Waals surface area (Å²) in [5, 5.41) is 9.62. The lowest BCUT2D eigenvalue weighted by Gasteiger charge is -2.11. The molecule has 0 atom stereocenters. The molecule has 19 heavy (non-hydrogen) atoms. The highest BCUT2D eigenvalue weighted by Crippen LogP contribution is 2.45. The molecule has 1 saturated carbocycles. The molecule has 0 radical (unpaired) electrons. The van der Waals surface area contributed by atoms with Crippen molar-refractivity contribution in [1.29, 1.82) is 5.26 Å². The predicted molar refractivity (Wildman–Crippen MR) is 74.7 cm³/mol. The van der Waals surface area contributed by atoms with Crippen molar-refractivity contribution in [2.45, 2.75) is 18.8 Å². The summed E-state index contributed by atoms with van der Waals surface area (Å²) in [5.74, 6) is 2.07. The molecule has 1 aliphatic rings. The van der Waals surface area contributed by atoms with E-state index in [1.54, 1.807) is 12.1 Å². The fourth-order valence-corrected chi connectivity index (χ4v) is 2.26. The number of nitrogens with zero attached hydrogens (tertiary/aromatic N) is 1. The zero-order valence-electron chi connectivity index (χ0n) is 10.3. The van der Waals surface area contributed by atoms with E-state index in [9.17, 15) is 0 Å². The van der Waals surface area contributed by atoms with Gasteiger partial charge in [-0.15, -0.1) is 0 Å². The number of rotatable bonds is 3. The third kappa shape index (κ3) is 2.72. The van der Waals surface area contributed by atoms with Crippen LogP contribution >= 0.6 is 11.6 Å². The van der Waals surface area contributed by atoms with Crippen LogP contribution in [-0.4, -0.2) is 0 Å². The summed E-state index contributed by atoms with van der Waals surface area (Å²) < 4.78 is 5.90. The van der Waals surface area contributed by atoms with Gasteiger partial charge in [-0.05, 0) is 60.7 Å². The molecule has 94 valence electrons. The summed E-state index contributed by atoms with van der Waals surface area (Å²) in [6, 6.07) is 15.1. The van der Waals surface area contributed by atoms with E-state index in [0.717, 1.165) is 17.1 Å². The van der Waals surface area contributed by atoms with Gasteiger partial charge in [-0.1, -0.05) is 17.7 Å². The fraction of sp³-hybridized carbons (Fsp3) is 0.188. The van der Waals surface area contributed by atoms with E-state index < -0.39 is 0 Å². The topological polar surface area (TPSA) is 33.0 Å². The van der Waals surface area contributed by atoms with E-state index in [0.29, 0.717) is 16.5 Å². The first-order valence-corrected chi connectivity index (χ1v) is 6.61. The third-order valence-corrected chi connectivity index (χ3v) is 3.42. The van der Waals surface area contributed by atoms with Crippen molar-refractivity contribution >= 4 is 11.6 Å². The molecule has 2 aromatic carbocycles. The molecule has 0 amide bonds. The second-order valence-electron chi connectivity index (χ2n) is 4.70. The number of ether oxygens (including phenoxy) is 1. The summed E-state index contributed by atoms with van der Waals surface area (Å²) in [5.41, 5.74) is 1.80. The predicted octanol–water partition coefficient (Wildman–Crippen LogP) is 4.88. The molecule has 0 saturated heterocycles. The molecule has 0 spiro atoms. The van der Waals surface area contributed by atoms with Crippen molar-refractivity contribution in [3.05, 3.63) is 58.6 Å². The lowest BCUT2D eigenvalue weighted by Crippen LogP contribution is -1.91. The van der Waals surface area contributed by atoms with Crippen LogP contribution < -0.4 is 4.74 Å². The monoisotopic (exact) mass is 269 g/mol. The first-order chi connectivity index (χ1) is 9.26. The van der Waals surface area contributed by atoms with Gasteiger partial charge in [0.1, 0.15) is 11.5 Å². The Labute approximate surface area is 117 Å². The minimum atomic E-state index is 0.530. The van der Waals surface area contributed by atoms with Crippen molar-refractivity contribution in [3.63, 3.8) is 0 Å². The fourth-order valence-electron chi connectivity index (χ4n) is 2.08. The minimum Gasteiger partial charge on any atom is -0.457 e. The number of halogens is 1. The summed E-state index contributed by atoms with van der Waals surface area (Å²) in [4.78, 5) is 0. The van der Waals surface area contributed by atoms with Crippen LogP contribution in [0.25, 0.3) is 0 Å². The molecule has 3 rings (SSSR count). The smallest absolute Gasteiger partial charge is 0.130 e. The van der Waals surface area contributed by atoms with Gasteiger partial charge in [0.25, 0.3) is 0 Å². The van der Waals surface area contributed by atoms with Gasteiger partial charge in [0.05, 0.1) is 11.6 Å². The molecular weight excluding hydrogens is 258 g/mol. The highest BCUT2D eigenvalue weighted by molar-refractivity contribution is 6.30. The van der Waals surface area contributed by atoms with Crippen LogP contribution in [0.15, 0.2) is 42.5 Å². The Bertz CT molecular complexity index is 656. The summed E-state index contributed by atoms with van der Waals surface area (Å²) >= 11 is 5.95. The van der Waals surface area contributed by atoms with Gasteiger partial charge in [0.15, 0.2) is 0 Å². The van der Waals surface area contributed by atoms with Crippen LogP contribution in [0.2, 0.25) is 5.02 Å². The zero-order valence-corrected chi connectivity index (χ0v) is 11.0. The Kier molecular flexibility index (Phi) is 3.15. The first-order valence-electron chi connectivity index (χ1n) is 6.24. The van der Waals surface area contributed by atoms with Crippen LogP contribution in [-0.2, 0) is 0 Å². The molecule has 2 aromatic rings. The maximum absolute atomic E-state index is 8.97. The SMILES string of the molecule is N#Cc1ccc(Oc2cccc(Cl)c2)c(C2CC2)c1. The van der Waals surface area contributed by atoms with E-state index in [1.807, 2.05) is 30.3 Å². The quantitative estimate of drug-likeness (QED) is 0.795. The molecular formula is C16H12ClNO. The maximum Gasteiger partial charge on any atom is 0.130 e. The normalized spacial score (nSPS) is 13.9. The minimum absolute atomic E-state index is 0.530. The maximum atomic E-state index is 8.97. The highest BCUT2D eigenvalue weighted by atomic mass is 35.5.